The fourth-order valence-corrected chi connectivity index (χ4v) is 5.17. The van der Waals surface area contributed by atoms with Crippen molar-refractivity contribution in [2.75, 3.05) is 6.61 Å². The molecule has 40 heavy (non-hydrogen) atoms. The van der Waals surface area contributed by atoms with E-state index in [0.717, 1.165) is 60.9 Å². The number of H-pyrrole nitrogens is 1. The van der Waals surface area contributed by atoms with Crippen molar-refractivity contribution in [1.82, 2.24) is 19.9 Å². The first-order valence-corrected chi connectivity index (χ1v) is 13.0. The van der Waals surface area contributed by atoms with Gasteiger partial charge in [-0.2, -0.15) is 0 Å². The molecule has 198 valence electrons. The number of hydrogen-bond donors (Lipinski definition) is 2. The molecule has 0 spiro atoms. The van der Waals surface area contributed by atoms with E-state index in [4.69, 9.17) is 9.47 Å². The molecule has 0 fully saturated rings. The molecule has 0 aliphatic carbocycles. The summed E-state index contributed by atoms with van der Waals surface area (Å²) in [4.78, 5) is 27.8. The second-order valence-electron chi connectivity index (χ2n) is 9.44. The maximum atomic E-state index is 11.6. The highest BCUT2D eigenvalue weighted by molar-refractivity contribution is 6.01. The highest BCUT2D eigenvalue weighted by atomic mass is 16.7. The molecule has 6 aromatic rings. The van der Waals surface area contributed by atoms with Gasteiger partial charge >= 0.3 is 6.16 Å². The molecule has 0 amide bonds. The van der Waals surface area contributed by atoms with Crippen LogP contribution < -0.4 is 9.47 Å². The van der Waals surface area contributed by atoms with Gasteiger partial charge in [-0.25, -0.2) is 14.8 Å². The van der Waals surface area contributed by atoms with Gasteiger partial charge in [0.1, 0.15) is 12.1 Å². The number of ether oxygens (including phenoxy) is 2. The maximum Gasteiger partial charge on any atom is 0.512 e. The van der Waals surface area contributed by atoms with Crippen LogP contribution >= 0.6 is 0 Å². The zero-order chi connectivity index (χ0) is 27.5. The largest absolute Gasteiger partial charge is 0.512 e. The normalized spacial score (nSPS) is 11.1. The SMILES string of the molecule is Cc1ccnc(-c2cncnc2)c1-c1cccc2c(CCCOc3cccc4ccccc34)c(OC(=O)O)[nH]c12. The van der Waals surface area contributed by atoms with Crippen LogP contribution in [0.4, 0.5) is 4.79 Å². The van der Waals surface area contributed by atoms with Gasteiger partial charge in [0.05, 0.1) is 17.8 Å². The van der Waals surface area contributed by atoms with Gasteiger partial charge in [0, 0.05) is 51.6 Å². The Bertz CT molecular complexity index is 1830. The van der Waals surface area contributed by atoms with E-state index in [2.05, 4.69) is 32.1 Å². The van der Waals surface area contributed by atoms with Crippen molar-refractivity contribution < 1.29 is 19.4 Å². The first kappa shape index (κ1) is 25.1. The molecular formula is C32H26N4O4. The van der Waals surface area contributed by atoms with Crippen LogP contribution in [0.2, 0.25) is 0 Å². The third-order valence-electron chi connectivity index (χ3n) is 6.93. The lowest BCUT2D eigenvalue weighted by atomic mass is 9.94. The molecule has 0 radical (unpaired) electrons. The zero-order valence-electron chi connectivity index (χ0n) is 21.8. The van der Waals surface area contributed by atoms with Crippen molar-refractivity contribution in [3.8, 4) is 34.0 Å². The molecule has 6 rings (SSSR count). The van der Waals surface area contributed by atoms with Crippen LogP contribution in [0.1, 0.15) is 17.5 Å². The van der Waals surface area contributed by atoms with E-state index in [-0.39, 0.29) is 5.88 Å². The summed E-state index contributed by atoms with van der Waals surface area (Å²) in [6, 6.07) is 22.0. The molecule has 0 aliphatic heterocycles. The topological polar surface area (TPSA) is 110 Å². The van der Waals surface area contributed by atoms with Crippen molar-refractivity contribution in [2.45, 2.75) is 19.8 Å². The molecule has 0 bridgehead atoms. The highest BCUT2D eigenvalue weighted by Crippen LogP contribution is 2.40. The van der Waals surface area contributed by atoms with E-state index < -0.39 is 6.16 Å². The number of rotatable bonds is 8. The van der Waals surface area contributed by atoms with Crippen molar-refractivity contribution in [1.29, 1.82) is 0 Å². The number of nitrogens with zero attached hydrogens (tertiary/aromatic N) is 3. The fourth-order valence-electron chi connectivity index (χ4n) is 5.17. The van der Waals surface area contributed by atoms with Crippen molar-refractivity contribution >= 4 is 27.8 Å². The summed E-state index contributed by atoms with van der Waals surface area (Å²) >= 11 is 0. The second kappa shape index (κ2) is 10.9. The predicted molar refractivity (Wildman–Crippen MR) is 154 cm³/mol. The molecule has 0 unspecified atom stereocenters. The number of carbonyl (C=O) groups is 1. The van der Waals surface area contributed by atoms with Crippen LogP contribution in [0.15, 0.2) is 91.6 Å². The molecule has 0 atom stereocenters. The quantitative estimate of drug-likeness (QED) is 0.158. The molecule has 0 saturated carbocycles. The lowest BCUT2D eigenvalue weighted by Gasteiger charge is -2.13. The Kier molecular flexibility index (Phi) is 6.80. The lowest BCUT2D eigenvalue weighted by Crippen LogP contribution is -2.06. The Morgan fingerprint density at radius 2 is 1.73 bits per heavy atom. The van der Waals surface area contributed by atoms with Crippen LogP contribution in [-0.2, 0) is 6.42 Å². The Morgan fingerprint density at radius 3 is 2.58 bits per heavy atom. The second-order valence-corrected chi connectivity index (χ2v) is 9.44. The Labute approximate surface area is 230 Å². The summed E-state index contributed by atoms with van der Waals surface area (Å²) in [5, 5.41) is 12.5. The van der Waals surface area contributed by atoms with Gasteiger partial charge in [0.25, 0.3) is 0 Å². The van der Waals surface area contributed by atoms with Crippen LogP contribution in [0, 0.1) is 6.92 Å². The summed E-state index contributed by atoms with van der Waals surface area (Å²) in [6.45, 7) is 2.49. The number of aryl methyl sites for hydroxylation is 2. The predicted octanol–water partition coefficient (Wildman–Crippen LogP) is 7.22. The van der Waals surface area contributed by atoms with Gasteiger partial charge in [-0.15, -0.1) is 0 Å². The minimum Gasteiger partial charge on any atom is -0.493 e. The summed E-state index contributed by atoms with van der Waals surface area (Å²) in [5.74, 6) is 1.04. The number of para-hydroxylation sites is 1. The first-order chi connectivity index (χ1) is 19.6. The molecule has 3 aromatic heterocycles. The van der Waals surface area contributed by atoms with Gasteiger partial charge in [-0.3, -0.25) is 4.98 Å². The van der Waals surface area contributed by atoms with Gasteiger partial charge in [-0.1, -0.05) is 54.6 Å². The van der Waals surface area contributed by atoms with Crippen LogP contribution in [-0.4, -0.2) is 37.8 Å². The third kappa shape index (κ3) is 4.82. The maximum absolute atomic E-state index is 11.6. The average Bonchev–Trinajstić information content (AvgIpc) is 3.32. The molecule has 8 heteroatoms. The summed E-state index contributed by atoms with van der Waals surface area (Å²) in [5.41, 5.74) is 5.91. The molecule has 3 aromatic carbocycles. The molecule has 0 aliphatic rings. The third-order valence-corrected chi connectivity index (χ3v) is 6.93. The van der Waals surface area contributed by atoms with Crippen LogP contribution in [0.5, 0.6) is 11.6 Å². The zero-order valence-corrected chi connectivity index (χ0v) is 21.8. The summed E-state index contributed by atoms with van der Waals surface area (Å²) in [7, 11) is 0. The van der Waals surface area contributed by atoms with E-state index in [1.54, 1.807) is 18.6 Å². The minimum atomic E-state index is -1.37. The number of nitrogens with one attached hydrogen (secondary N) is 1. The molecule has 0 saturated heterocycles. The van der Waals surface area contributed by atoms with Crippen molar-refractivity contribution in [2.24, 2.45) is 0 Å². The molecular weight excluding hydrogens is 504 g/mol. The van der Waals surface area contributed by atoms with Crippen LogP contribution in [0.25, 0.3) is 44.1 Å². The van der Waals surface area contributed by atoms with E-state index in [1.165, 1.54) is 6.33 Å². The number of aromatic amines is 1. The number of carboxylic acid groups (broad SMARTS) is 1. The fraction of sp³-hybridized carbons (Fsp3) is 0.125. The number of benzene rings is 3. The standard InChI is InChI=1S/C32H26N4O4/c1-20-14-15-35-29(22-17-33-19-34-18-22)28(20)26-11-5-10-24-25(31(36-30(24)26)40-32(37)38)12-6-16-39-27-13-4-8-21-7-2-3-9-23(21)27/h2-5,7-11,13-15,17-19,36H,6,12,16H2,1H3,(H,37,38). The van der Waals surface area contributed by atoms with Gasteiger partial charge in [0.15, 0.2) is 0 Å². The number of pyridine rings is 1. The monoisotopic (exact) mass is 530 g/mol. The van der Waals surface area contributed by atoms with Gasteiger partial charge in [0.2, 0.25) is 5.88 Å². The summed E-state index contributed by atoms with van der Waals surface area (Å²) < 4.78 is 11.4. The highest BCUT2D eigenvalue weighted by Gasteiger charge is 2.21. The van der Waals surface area contributed by atoms with Crippen molar-refractivity contribution in [3.63, 3.8) is 0 Å². The number of aromatic nitrogens is 4. The lowest BCUT2D eigenvalue weighted by molar-refractivity contribution is 0.142. The van der Waals surface area contributed by atoms with Gasteiger partial charge < -0.3 is 19.6 Å². The van der Waals surface area contributed by atoms with Gasteiger partial charge in [-0.05, 0) is 42.8 Å². The van der Waals surface area contributed by atoms with E-state index in [1.807, 2.05) is 61.5 Å². The first-order valence-electron chi connectivity index (χ1n) is 13.0. The van der Waals surface area contributed by atoms with Crippen LogP contribution in [0.3, 0.4) is 0 Å². The Balaban J connectivity index is 1.35. The minimum absolute atomic E-state index is 0.214. The molecule has 8 nitrogen and oxygen atoms in total. The average molecular weight is 531 g/mol. The van der Waals surface area contributed by atoms with Crippen molar-refractivity contribution in [3.05, 3.63) is 103 Å². The van der Waals surface area contributed by atoms with E-state index >= 15 is 0 Å². The molecule has 3 heterocycles. The number of hydrogen-bond acceptors (Lipinski definition) is 6. The van der Waals surface area contributed by atoms with E-state index in [9.17, 15) is 9.90 Å². The smallest absolute Gasteiger partial charge is 0.493 e. The number of fused-ring (bicyclic) bond motifs is 2. The summed E-state index contributed by atoms with van der Waals surface area (Å²) in [6.07, 6.45) is 6.55. The molecule has 2 N–H and O–H groups in total. The Morgan fingerprint density at radius 1 is 0.950 bits per heavy atom. The Hall–Kier alpha value is -5.24. The van der Waals surface area contributed by atoms with E-state index in [0.29, 0.717) is 19.4 Å².